The van der Waals surface area contributed by atoms with Crippen LogP contribution >= 0.6 is 7.75 Å². The topological polar surface area (TPSA) is 210 Å². The third-order valence-corrected chi connectivity index (χ3v) is 9.40. The fourth-order valence-corrected chi connectivity index (χ4v) is 6.98. The molecule has 1 fully saturated rings. The zero-order valence-electron chi connectivity index (χ0n) is 26.7. The molecule has 6 atom stereocenters. The van der Waals surface area contributed by atoms with Crippen LogP contribution in [-0.4, -0.2) is 69.6 Å². The van der Waals surface area contributed by atoms with Crippen LogP contribution in [0.2, 0.25) is 0 Å². The molecule has 3 aromatic rings. The van der Waals surface area contributed by atoms with E-state index >= 15 is 0 Å². The van der Waals surface area contributed by atoms with Crippen LogP contribution in [-0.2, 0) is 39.6 Å². The van der Waals surface area contributed by atoms with Crippen molar-refractivity contribution in [2.75, 3.05) is 6.61 Å². The molecule has 0 aliphatic carbocycles. The highest BCUT2D eigenvalue weighted by atomic mass is 31.2. The molecule has 0 saturated carbocycles. The van der Waals surface area contributed by atoms with Crippen molar-refractivity contribution in [2.45, 2.75) is 63.5 Å². The van der Waals surface area contributed by atoms with E-state index < -0.39 is 68.6 Å². The number of rotatable bonds is 14. The Labute approximate surface area is 281 Å². The number of aliphatic hydroxyl groups is 2. The summed E-state index contributed by atoms with van der Waals surface area (Å²) in [5.74, 6) is -1.94. The number of amides is 1. The molecular formula is C33H36N5O10P. The molecule has 0 bridgehead atoms. The molecule has 1 amide bonds. The Balaban J connectivity index is 1.46. The van der Waals surface area contributed by atoms with Gasteiger partial charge < -0.3 is 24.2 Å². The lowest BCUT2D eigenvalue weighted by Gasteiger charge is -2.31. The Kier molecular flexibility index (Phi) is 11.2. The largest absolute Gasteiger partial charge is 0.460 e. The lowest BCUT2D eigenvalue weighted by Crippen LogP contribution is -2.46. The van der Waals surface area contributed by atoms with Crippen molar-refractivity contribution in [2.24, 2.45) is 11.0 Å². The number of fused-ring (bicyclic) bond motifs is 1. The van der Waals surface area contributed by atoms with Crippen molar-refractivity contribution >= 4 is 36.2 Å². The van der Waals surface area contributed by atoms with E-state index in [9.17, 15) is 34.7 Å². The molecule has 2 aliphatic heterocycles. The van der Waals surface area contributed by atoms with Crippen molar-refractivity contribution < 1.29 is 47.7 Å². The van der Waals surface area contributed by atoms with E-state index in [4.69, 9.17) is 18.5 Å². The van der Waals surface area contributed by atoms with Gasteiger partial charge in [0, 0.05) is 16.5 Å². The molecule has 3 aromatic carbocycles. The number of hydrogen-bond donors (Lipinski definition) is 3. The first-order chi connectivity index (χ1) is 23.4. The molecule has 1 unspecified atom stereocenters. The fourth-order valence-electron chi connectivity index (χ4n) is 5.44. The first kappa shape index (κ1) is 35.7. The molecule has 2 heterocycles. The third-order valence-electron chi connectivity index (χ3n) is 7.86. The number of carbonyl (C=O) groups excluding carboxylic acids is 3. The number of nitrogens with zero attached hydrogens (tertiary/aromatic N) is 4. The number of benzene rings is 3. The van der Waals surface area contributed by atoms with Gasteiger partial charge in [-0.2, -0.15) is 5.09 Å². The summed E-state index contributed by atoms with van der Waals surface area (Å²) >= 11 is 0. The number of aliphatic hydroxyl groups excluding tert-OH is 2. The minimum Gasteiger partial charge on any atom is -0.460 e. The second kappa shape index (κ2) is 15.3. The summed E-state index contributed by atoms with van der Waals surface area (Å²) in [5.41, 5.74) is 7.74. The quantitative estimate of drug-likeness (QED) is 0.0535. The van der Waals surface area contributed by atoms with Crippen LogP contribution in [0.5, 0.6) is 5.75 Å². The maximum absolute atomic E-state index is 14.7. The Morgan fingerprint density at radius 1 is 1.12 bits per heavy atom. The van der Waals surface area contributed by atoms with Gasteiger partial charge in [0.15, 0.2) is 12.0 Å². The van der Waals surface area contributed by atoms with Crippen molar-refractivity contribution in [3.8, 4) is 5.75 Å². The minimum absolute atomic E-state index is 0.0557. The summed E-state index contributed by atoms with van der Waals surface area (Å²) in [5, 5.41) is 29.6. The lowest BCUT2D eigenvalue weighted by atomic mass is 10.1. The normalized spacial score (nSPS) is 24.0. The number of allylic oxidation sites excluding steroid dienone is 1. The van der Waals surface area contributed by atoms with Gasteiger partial charge in [-0.25, -0.2) is 4.57 Å². The lowest BCUT2D eigenvalue weighted by molar-refractivity contribution is -0.159. The monoisotopic (exact) mass is 693 g/mol. The maximum Gasteiger partial charge on any atom is 0.459 e. The highest BCUT2D eigenvalue weighted by Gasteiger charge is 2.58. The van der Waals surface area contributed by atoms with Gasteiger partial charge in [-0.1, -0.05) is 85.7 Å². The van der Waals surface area contributed by atoms with Gasteiger partial charge >= 0.3 is 13.7 Å². The van der Waals surface area contributed by atoms with Crippen LogP contribution in [0.3, 0.4) is 0 Å². The van der Waals surface area contributed by atoms with Crippen LogP contribution in [0.15, 0.2) is 90.2 Å². The van der Waals surface area contributed by atoms with E-state index in [1.54, 1.807) is 48.5 Å². The number of esters is 1. The highest BCUT2D eigenvalue weighted by molar-refractivity contribution is 7.52. The van der Waals surface area contributed by atoms with Gasteiger partial charge in [0.25, 0.3) is 0 Å². The van der Waals surface area contributed by atoms with Crippen LogP contribution in [0.4, 0.5) is 0 Å². The van der Waals surface area contributed by atoms with Crippen LogP contribution in [0.25, 0.3) is 21.2 Å². The van der Waals surface area contributed by atoms with E-state index in [1.165, 1.54) is 0 Å². The first-order valence-electron chi connectivity index (χ1n) is 15.5. The summed E-state index contributed by atoms with van der Waals surface area (Å²) in [6, 6.07) is 19.9. The Morgan fingerprint density at radius 3 is 2.55 bits per heavy atom. The Morgan fingerprint density at radius 2 is 1.84 bits per heavy atom. The number of nitrogens with one attached hydrogen (secondary N) is 1. The van der Waals surface area contributed by atoms with Gasteiger partial charge in [-0.05, 0) is 41.0 Å². The van der Waals surface area contributed by atoms with E-state index in [-0.39, 0.29) is 24.7 Å². The maximum atomic E-state index is 14.7. The number of ketones is 1. The summed E-state index contributed by atoms with van der Waals surface area (Å²) in [6.07, 6.45) is -3.65. The van der Waals surface area contributed by atoms with Crippen molar-refractivity contribution in [1.29, 1.82) is 0 Å². The molecule has 16 heteroatoms. The molecule has 5 rings (SSSR count). The standard InChI is InChI=1S/C33H36N5O10P/c1-21(2)17-26(32(43)45-19-22-9-4-3-5-10-22)35-49(44,48-27-14-8-12-23-11-6-7-13-25(23)27)46-20-33(36-37-34)30(42)29(41)31(47-33)38-16-15-24(39)18-28(38)40/h3-16,21,26,29-31,41-42H,17-20H2,1-2H3,(H,35,44)/t26-,29+,30-,31+,33+,49?/m0/s1. The van der Waals surface area contributed by atoms with Gasteiger partial charge in [0.05, 0.1) is 13.0 Å². The first-order valence-corrected chi connectivity index (χ1v) is 17.0. The van der Waals surface area contributed by atoms with Gasteiger partial charge in [0.1, 0.15) is 30.6 Å². The second-order valence-electron chi connectivity index (χ2n) is 12.0. The predicted molar refractivity (Wildman–Crippen MR) is 175 cm³/mol. The molecule has 0 spiro atoms. The zero-order chi connectivity index (χ0) is 35.2. The summed E-state index contributed by atoms with van der Waals surface area (Å²) < 4.78 is 37.9. The molecule has 1 saturated heterocycles. The molecule has 49 heavy (non-hydrogen) atoms. The average Bonchev–Trinajstić information content (AvgIpc) is 3.32. The van der Waals surface area contributed by atoms with Crippen molar-refractivity contribution in [3.63, 3.8) is 0 Å². The predicted octanol–water partition coefficient (Wildman–Crippen LogP) is 4.49. The minimum atomic E-state index is -4.69. The molecule has 258 valence electrons. The molecular weight excluding hydrogens is 657 g/mol. The number of ether oxygens (including phenoxy) is 2. The second-order valence-corrected chi connectivity index (χ2v) is 13.7. The van der Waals surface area contributed by atoms with E-state index in [0.29, 0.717) is 5.39 Å². The Hall–Kier alpha value is -4.59. The van der Waals surface area contributed by atoms with Crippen molar-refractivity contribution in [1.82, 2.24) is 9.99 Å². The highest BCUT2D eigenvalue weighted by Crippen LogP contribution is 2.49. The van der Waals surface area contributed by atoms with Crippen LogP contribution < -0.4 is 9.61 Å². The van der Waals surface area contributed by atoms with Crippen molar-refractivity contribution in [3.05, 3.63) is 101 Å². The van der Waals surface area contributed by atoms with Crippen LogP contribution in [0.1, 0.15) is 32.3 Å². The number of azide groups is 1. The van der Waals surface area contributed by atoms with Gasteiger partial charge in [0.2, 0.25) is 11.6 Å². The average molecular weight is 694 g/mol. The molecule has 0 radical (unpaired) electrons. The summed E-state index contributed by atoms with van der Waals surface area (Å²) in [4.78, 5) is 41.4. The zero-order valence-corrected chi connectivity index (χ0v) is 27.6. The molecule has 15 nitrogen and oxygen atoms in total. The molecule has 3 N–H and O–H groups in total. The molecule has 0 aromatic heterocycles. The van der Waals surface area contributed by atoms with Gasteiger partial charge in [-0.3, -0.25) is 23.8 Å². The van der Waals surface area contributed by atoms with E-state index in [1.807, 2.05) is 38.1 Å². The fraction of sp³-hybridized carbons (Fsp3) is 0.364. The van der Waals surface area contributed by atoms with Gasteiger partial charge in [-0.15, -0.1) is 0 Å². The number of carbonyl (C=O) groups is 3. The molecule has 2 aliphatic rings. The summed E-state index contributed by atoms with van der Waals surface area (Å²) in [6.45, 7) is 2.67. The Bertz CT molecular complexity index is 1810. The van der Waals surface area contributed by atoms with Crippen LogP contribution in [0, 0.1) is 5.92 Å². The number of hydrogen-bond acceptors (Lipinski definition) is 11. The third kappa shape index (κ3) is 8.35. The SMILES string of the molecule is CC(C)C[C@H](NP(=O)(OC[C@@]1(N=[N+]=[N-])O[C@@H](N2C=CC(=O)CC2=O)[C@H](O)[C@@H]1O)Oc1cccc2ccccc12)C(=O)OCc1ccccc1. The smallest absolute Gasteiger partial charge is 0.459 e. The van der Waals surface area contributed by atoms with E-state index in [2.05, 4.69) is 15.1 Å². The van der Waals surface area contributed by atoms with E-state index in [0.717, 1.165) is 28.1 Å². The summed E-state index contributed by atoms with van der Waals surface area (Å²) in [7, 11) is -4.69.